The van der Waals surface area contributed by atoms with Gasteiger partial charge in [0.25, 0.3) is 5.69 Å². The van der Waals surface area contributed by atoms with Crippen molar-refractivity contribution >= 4 is 17.3 Å². The Morgan fingerprint density at radius 2 is 1.75 bits per heavy atom. The lowest BCUT2D eigenvalue weighted by molar-refractivity contribution is -0.384. The molecule has 1 heterocycles. The predicted molar refractivity (Wildman–Crippen MR) is 64.1 cm³/mol. The summed E-state index contributed by atoms with van der Waals surface area (Å²) in [6.07, 6.45) is -4.65. The molecule has 0 unspecified atom stereocenters. The molecule has 0 fully saturated rings. The number of hydrogen-bond acceptors (Lipinski definition) is 4. The summed E-state index contributed by atoms with van der Waals surface area (Å²) in [5.41, 5.74) is -1.14. The molecule has 0 aliphatic carbocycles. The summed E-state index contributed by atoms with van der Waals surface area (Å²) in [6, 6.07) is 5.64. The van der Waals surface area contributed by atoms with Gasteiger partial charge in [-0.25, -0.2) is 9.97 Å². The van der Waals surface area contributed by atoms with Crippen LogP contribution in [0.25, 0.3) is 11.3 Å². The van der Waals surface area contributed by atoms with Gasteiger partial charge < -0.3 is 0 Å². The molecule has 0 atom stereocenters. The molecule has 0 saturated carbocycles. The third-order valence-corrected chi connectivity index (χ3v) is 2.53. The monoisotopic (exact) mass is 303 g/mol. The zero-order chi connectivity index (χ0) is 14.9. The molecule has 20 heavy (non-hydrogen) atoms. The van der Waals surface area contributed by atoms with Crippen molar-refractivity contribution in [2.45, 2.75) is 6.18 Å². The summed E-state index contributed by atoms with van der Waals surface area (Å²) >= 11 is 5.46. The number of aromatic nitrogens is 2. The van der Waals surface area contributed by atoms with Gasteiger partial charge in [0.1, 0.15) is 5.69 Å². The quantitative estimate of drug-likeness (QED) is 0.481. The topological polar surface area (TPSA) is 68.9 Å². The maximum absolute atomic E-state index is 12.6. The van der Waals surface area contributed by atoms with Gasteiger partial charge in [-0.1, -0.05) is 0 Å². The minimum Gasteiger partial charge on any atom is -0.258 e. The van der Waals surface area contributed by atoms with Crippen LogP contribution >= 0.6 is 11.6 Å². The lowest BCUT2D eigenvalue weighted by Crippen LogP contribution is -2.09. The molecular formula is C11H5ClF3N3O2. The number of non-ortho nitro benzene ring substituents is 1. The summed E-state index contributed by atoms with van der Waals surface area (Å²) in [4.78, 5) is 16.7. The summed E-state index contributed by atoms with van der Waals surface area (Å²) in [7, 11) is 0. The molecule has 104 valence electrons. The Morgan fingerprint density at radius 1 is 1.15 bits per heavy atom. The minimum atomic E-state index is -4.65. The Labute approximate surface area is 115 Å². The Bertz CT molecular complexity index is 659. The highest BCUT2D eigenvalue weighted by atomic mass is 35.5. The molecule has 2 rings (SSSR count). The maximum atomic E-state index is 12.6. The van der Waals surface area contributed by atoms with E-state index in [0.29, 0.717) is 0 Å². The van der Waals surface area contributed by atoms with Crippen LogP contribution in [0.2, 0.25) is 5.28 Å². The third-order valence-electron chi connectivity index (χ3n) is 2.36. The lowest BCUT2D eigenvalue weighted by Gasteiger charge is -2.08. The van der Waals surface area contributed by atoms with Crippen molar-refractivity contribution in [3.63, 3.8) is 0 Å². The number of hydrogen-bond donors (Lipinski definition) is 0. The molecular weight excluding hydrogens is 299 g/mol. The first-order chi connectivity index (χ1) is 9.27. The molecule has 0 saturated heterocycles. The molecule has 2 aromatic rings. The minimum absolute atomic E-state index is 0.0628. The molecule has 9 heteroatoms. The number of nitro groups is 1. The highest BCUT2D eigenvalue weighted by Gasteiger charge is 2.33. The zero-order valence-electron chi connectivity index (χ0n) is 9.56. The van der Waals surface area contributed by atoms with Crippen LogP contribution < -0.4 is 0 Å². The summed E-state index contributed by atoms with van der Waals surface area (Å²) < 4.78 is 37.8. The molecule has 0 amide bonds. The fraction of sp³-hybridized carbons (Fsp3) is 0.0909. The van der Waals surface area contributed by atoms with Crippen LogP contribution in [0.15, 0.2) is 30.3 Å². The molecule has 0 bridgehead atoms. The molecule has 0 N–H and O–H groups in total. The molecule has 0 aliphatic heterocycles. The van der Waals surface area contributed by atoms with Crippen LogP contribution in [0.4, 0.5) is 18.9 Å². The molecule has 1 aromatic carbocycles. The first-order valence-corrected chi connectivity index (χ1v) is 5.52. The Kier molecular flexibility index (Phi) is 3.58. The normalized spacial score (nSPS) is 11.4. The number of nitrogens with zero attached hydrogens (tertiary/aromatic N) is 3. The first kappa shape index (κ1) is 14.2. The highest BCUT2D eigenvalue weighted by Crippen LogP contribution is 2.31. The van der Waals surface area contributed by atoms with Crippen LogP contribution in [-0.4, -0.2) is 14.9 Å². The highest BCUT2D eigenvalue weighted by molar-refractivity contribution is 6.28. The maximum Gasteiger partial charge on any atom is 0.433 e. The predicted octanol–water partition coefficient (Wildman–Crippen LogP) is 3.72. The summed E-state index contributed by atoms with van der Waals surface area (Å²) in [6.45, 7) is 0. The lowest BCUT2D eigenvalue weighted by atomic mass is 10.1. The van der Waals surface area contributed by atoms with Crippen LogP contribution in [0.3, 0.4) is 0 Å². The van der Waals surface area contributed by atoms with Crippen molar-refractivity contribution in [1.29, 1.82) is 0 Å². The first-order valence-electron chi connectivity index (χ1n) is 5.14. The fourth-order valence-electron chi connectivity index (χ4n) is 1.46. The van der Waals surface area contributed by atoms with Crippen LogP contribution in [0.5, 0.6) is 0 Å². The van der Waals surface area contributed by atoms with Crippen molar-refractivity contribution < 1.29 is 18.1 Å². The van der Waals surface area contributed by atoms with E-state index in [1.807, 2.05) is 0 Å². The van der Waals surface area contributed by atoms with E-state index in [1.54, 1.807) is 0 Å². The largest absolute Gasteiger partial charge is 0.433 e. The average Bonchev–Trinajstić information content (AvgIpc) is 2.37. The number of alkyl halides is 3. The van der Waals surface area contributed by atoms with Crippen molar-refractivity contribution in [1.82, 2.24) is 9.97 Å². The second kappa shape index (κ2) is 5.04. The van der Waals surface area contributed by atoms with E-state index in [1.165, 1.54) is 24.3 Å². The van der Waals surface area contributed by atoms with Crippen molar-refractivity contribution in [3.8, 4) is 11.3 Å². The van der Waals surface area contributed by atoms with Gasteiger partial charge in [0.2, 0.25) is 5.28 Å². The number of benzene rings is 1. The van der Waals surface area contributed by atoms with E-state index in [9.17, 15) is 23.3 Å². The Morgan fingerprint density at radius 3 is 2.25 bits per heavy atom. The van der Waals surface area contributed by atoms with Gasteiger partial charge >= 0.3 is 6.18 Å². The summed E-state index contributed by atoms with van der Waals surface area (Å²) in [5, 5.41) is 9.95. The van der Waals surface area contributed by atoms with Gasteiger partial charge in [0, 0.05) is 17.7 Å². The number of rotatable bonds is 2. The molecule has 0 aliphatic rings. The van der Waals surface area contributed by atoms with Crippen LogP contribution in [0.1, 0.15) is 5.69 Å². The van der Waals surface area contributed by atoms with E-state index >= 15 is 0 Å². The molecule has 0 radical (unpaired) electrons. The van der Waals surface area contributed by atoms with Gasteiger partial charge in [0.15, 0.2) is 0 Å². The molecule has 0 spiro atoms. The van der Waals surface area contributed by atoms with Gasteiger partial charge in [0.05, 0.1) is 10.6 Å². The smallest absolute Gasteiger partial charge is 0.258 e. The van der Waals surface area contributed by atoms with E-state index in [-0.39, 0.29) is 16.9 Å². The Balaban J connectivity index is 2.47. The molecule has 1 aromatic heterocycles. The fourth-order valence-corrected chi connectivity index (χ4v) is 1.65. The summed E-state index contributed by atoms with van der Waals surface area (Å²) in [5.74, 6) is 0. The van der Waals surface area contributed by atoms with Gasteiger partial charge in [-0.05, 0) is 29.8 Å². The number of nitro benzene ring substituents is 1. The van der Waals surface area contributed by atoms with E-state index in [4.69, 9.17) is 11.6 Å². The van der Waals surface area contributed by atoms with Gasteiger partial charge in [-0.2, -0.15) is 13.2 Å². The van der Waals surface area contributed by atoms with Crippen molar-refractivity contribution in [3.05, 3.63) is 51.4 Å². The van der Waals surface area contributed by atoms with Gasteiger partial charge in [-0.3, -0.25) is 10.1 Å². The van der Waals surface area contributed by atoms with Crippen LogP contribution in [0, 0.1) is 10.1 Å². The van der Waals surface area contributed by atoms with E-state index < -0.39 is 22.1 Å². The number of halogens is 4. The Hall–Kier alpha value is -2.22. The standard InChI is InChI=1S/C11H5ClF3N3O2/c12-10-16-8(5-9(17-10)11(13,14)15)6-1-3-7(4-2-6)18(19)20/h1-5H. The van der Waals surface area contributed by atoms with Crippen molar-refractivity contribution in [2.75, 3.05) is 0 Å². The third kappa shape index (κ3) is 3.02. The van der Waals surface area contributed by atoms with E-state index in [2.05, 4.69) is 9.97 Å². The average molecular weight is 304 g/mol. The SMILES string of the molecule is O=[N+]([O-])c1ccc(-c2cc(C(F)(F)F)nc(Cl)n2)cc1. The van der Waals surface area contributed by atoms with E-state index in [0.717, 1.165) is 6.07 Å². The molecule has 5 nitrogen and oxygen atoms in total. The van der Waals surface area contributed by atoms with Gasteiger partial charge in [-0.15, -0.1) is 0 Å². The second-order valence-corrected chi connectivity index (χ2v) is 4.05. The van der Waals surface area contributed by atoms with Crippen molar-refractivity contribution in [2.24, 2.45) is 0 Å². The zero-order valence-corrected chi connectivity index (χ0v) is 10.3. The van der Waals surface area contributed by atoms with Crippen LogP contribution in [-0.2, 0) is 6.18 Å². The second-order valence-electron chi connectivity index (χ2n) is 3.71.